The van der Waals surface area contributed by atoms with Gasteiger partial charge in [-0.05, 0) is 50.2 Å². The third kappa shape index (κ3) is 5.19. The van der Waals surface area contributed by atoms with Crippen molar-refractivity contribution in [3.8, 4) is 11.5 Å². The Hall–Kier alpha value is -2.52. The summed E-state index contributed by atoms with van der Waals surface area (Å²) in [6.07, 6.45) is -0.872. The molecule has 3 aliphatic heterocycles. The Morgan fingerprint density at radius 2 is 1.67 bits per heavy atom. The molecule has 0 bridgehead atoms. The van der Waals surface area contributed by atoms with Crippen LogP contribution in [-0.4, -0.2) is 79.3 Å². The molecule has 5 rings (SSSR count). The smallest absolute Gasteiger partial charge is 0.416 e. The molecule has 33 heavy (non-hydrogen) atoms. The van der Waals surface area contributed by atoms with E-state index >= 15 is 0 Å². The maximum absolute atomic E-state index is 13.0. The van der Waals surface area contributed by atoms with Crippen molar-refractivity contribution in [3.05, 3.63) is 48.2 Å². The van der Waals surface area contributed by atoms with Crippen LogP contribution in [0.4, 0.5) is 19.0 Å². The molecular weight excluding hydrogens is 433 g/mol. The topological polar surface area (TPSA) is 41.1 Å². The molecule has 2 saturated heterocycles. The third-order valence-corrected chi connectivity index (χ3v) is 6.81. The predicted molar refractivity (Wildman–Crippen MR) is 119 cm³/mol. The molecule has 1 atom stereocenters. The molecule has 9 heteroatoms. The number of benzene rings is 1. The van der Waals surface area contributed by atoms with Crippen LogP contribution in [0.3, 0.4) is 0 Å². The van der Waals surface area contributed by atoms with E-state index in [1.807, 2.05) is 29.2 Å². The monoisotopic (exact) mass is 462 g/mol. The summed E-state index contributed by atoms with van der Waals surface area (Å²) in [6.45, 7) is 6.54. The predicted octanol–water partition coefficient (Wildman–Crippen LogP) is 3.53. The number of likely N-dealkylation sites (tertiary alicyclic amines) is 1. The molecule has 0 aliphatic carbocycles. The number of piperazine rings is 1. The van der Waals surface area contributed by atoms with Crippen molar-refractivity contribution in [1.29, 1.82) is 0 Å². The molecule has 0 N–H and O–H groups in total. The van der Waals surface area contributed by atoms with Crippen LogP contribution in [-0.2, 0) is 6.18 Å². The number of fused-ring (bicyclic) bond motifs is 1. The lowest BCUT2D eigenvalue weighted by molar-refractivity contribution is -0.137. The number of anilines is 1. The van der Waals surface area contributed by atoms with Gasteiger partial charge in [0.1, 0.15) is 18.5 Å². The molecule has 4 heterocycles. The van der Waals surface area contributed by atoms with Gasteiger partial charge in [-0.2, -0.15) is 13.2 Å². The quantitative estimate of drug-likeness (QED) is 0.693. The van der Waals surface area contributed by atoms with Gasteiger partial charge in [0, 0.05) is 45.0 Å². The zero-order chi connectivity index (χ0) is 22.8. The summed E-state index contributed by atoms with van der Waals surface area (Å²) in [6, 6.07) is 10.5. The van der Waals surface area contributed by atoms with E-state index in [0.29, 0.717) is 31.6 Å². The molecule has 0 spiro atoms. The van der Waals surface area contributed by atoms with Gasteiger partial charge in [0.05, 0.1) is 5.56 Å². The van der Waals surface area contributed by atoms with E-state index in [9.17, 15) is 13.2 Å². The van der Waals surface area contributed by atoms with E-state index in [-0.39, 0.29) is 6.10 Å². The number of ether oxygens (including phenoxy) is 2. The number of hydrogen-bond donors (Lipinski definition) is 0. The van der Waals surface area contributed by atoms with Crippen molar-refractivity contribution >= 4 is 5.82 Å². The van der Waals surface area contributed by atoms with Gasteiger partial charge in [0.15, 0.2) is 11.5 Å². The van der Waals surface area contributed by atoms with E-state index < -0.39 is 11.7 Å². The van der Waals surface area contributed by atoms with Crippen molar-refractivity contribution in [2.45, 2.75) is 31.2 Å². The summed E-state index contributed by atoms with van der Waals surface area (Å²) in [5.41, 5.74) is -0.641. The van der Waals surface area contributed by atoms with Crippen molar-refractivity contribution in [1.82, 2.24) is 14.8 Å². The Bertz CT molecular complexity index is 941. The first kappa shape index (κ1) is 22.3. The minimum Gasteiger partial charge on any atom is -0.486 e. The van der Waals surface area contributed by atoms with E-state index in [4.69, 9.17) is 9.47 Å². The molecule has 6 nitrogen and oxygen atoms in total. The lowest BCUT2D eigenvalue weighted by Crippen LogP contribution is -2.54. The van der Waals surface area contributed by atoms with Crippen molar-refractivity contribution in [2.75, 3.05) is 57.3 Å². The minimum absolute atomic E-state index is 0.0416. The van der Waals surface area contributed by atoms with Gasteiger partial charge >= 0.3 is 6.18 Å². The SMILES string of the molecule is FC(F)(F)c1ccnc(N2CCN(C3CCN(CC4COc5ccccc5O4)CC3)CC2)c1. The van der Waals surface area contributed by atoms with Crippen LogP contribution in [0.1, 0.15) is 18.4 Å². The minimum atomic E-state index is -4.34. The summed E-state index contributed by atoms with van der Waals surface area (Å²) >= 11 is 0. The lowest BCUT2D eigenvalue weighted by Gasteiger charge is -2.43. The number of para-hydroxylation sites is 2. The molecule has 1 unspecified atom stereocenters. The molecule has 0 saturated carbocycles. The Kier molecular flexibility index (Phi) is 6.34. The maximum atomic E-state index is 13.0. The highest BCUT2D eigenvalue weighted by Gasteiger charge is 2.33. The Labute approximate surface area is 191 Å². The summed E-state index contributed by atoms with van der Waals surface area (Å²) in [7, 11) is 0. The van der Waals surface area contributed by atoms with E-state index in [1.54, 1.807) is 0 Å². The average molecular weight is 463 g/mol. The number of aromatic nitrogens is 1. The summed E-state index contributed by atoms with van der Waals surface area (Å²) < 4.78 is 51.0. The van der Waals surface area contributed by atoms with Gasteiger partial charge in [-0.25, -0.2) is 4.98 Å². The molecule has 2 aromatic rings. The first-order valence-corrected chi connectivity index (χ1v) is 11.6. The first-order valence-electron chi connectivity index (χ1n) is 11.6. The first-order chi connectivity index (χ1) is 16.0. The van der Waals surface area contributed by atoms with Crippen LogP contribution in [0.25, 0.3) is 0 Å². The second-order valence-corrected chi connectivity index (χ2v) is 8.95. The van der Waals surface area contributed by atoms with Gasteiger partial charge in [0.25, 0.3) is 0 Å². The summed E-state index contributed by atoms with van der Waals surface area (Å²) in [4.78, 5) is 11.1. The fraction of sp³-hybridized carbons (Fsp3) is 0.542. The van der Waals surface area contributed by atoms with Crippen molar-refractivity contribution < 1.29 is 22.6 Å². The lowest BCUT2D eigenvalue weighted by atomic mass is 10.0. The maximum Gasteiger partial charge on any atom is 0.416 e. The number of nitrogens with zero attached hydrogens (tertiary/aromatic N) is 4. The third-order valence-electron chi connectivity index (χ3n) is 6.81. The number of alkyl halides is 3. The van der Waals surface area contributed by atoms with Gasteiger partial charge in [-0.15, -0.1) is 0 Å². The van der Waals surface area contributed by atoms with Crippen molar-refractivity contribution in [2.24, 2.45) is 0 Å². The Balaban J connectivity index is 1.08. The summed E-state index contributed by atoms with van der Waals surface area (Å²) in [5.74, 6) is 2.04. The Morgan fingerprint density at radius 3 is 2.39 bits per heavy atom. The van der Waals surface area contributed by atoms with Gasteiger partial charge in [-0.3, -0.25) is 9.80 Å². The number of piperidine rings is 1. The van der Waals surface area contributed by atoms with Crippen LogP contribution in [0.2, 0.25) is 0 Å². The summed E-state index contributed by atoms with van der Waals surface area (Å²) in [5, 5.41) is 0. The van der Waals surface area contributed by atoms with Crippen LogP contribution < -0.4 is 14.4 Å². The fourth-order valence-corrected chi connectivity index (χ4v) is 4.99. The molecule has 178 valence electrons. The molecule has 0 amide bonds. The largest absolute Gasteiger partial charge is 0.486 e. The Morgan fingerprint density at radius 1 is 0.939 bits per heavy atom. The van der Waals surface area contributed by atoms with Gasteiger partial charge in [-0.1, -0.05) is 12.1 Å². The van der Waals surface area contributed by atoms with Crippen LogP contribution >= 0.6 is 0 Å². The number of pyridine rings is 1. The van der Waals surface area contributed by atoms with Crippen LogP contribution in [0.15, 0.2) is 42.6 Å². The standard InChI is InChI=1S/C24H29F3N4O2/c25-24(26,27)18-5-8-28-23(15-18)31-13-11-30(12-14-31)19-6-9-29(10-7-19)16-20-17-32-21-3-1-2-4-22(21)33-20/h1-5,8,15,19-20H,6-7,9-14,16-17H2. The highest BCUT2D eigenvalue weighted by atomic mass is 19.4. The molecular formula is C24H29F3N4O2. The second kappa shape index (κ2) is 9.38. The van der Waals surface area contributed by atoms with E-state index in [2.05, 4.69) is 14.8 Å². The van der Waals surface area contributed by atoms with Crippen LogP contribution in [0, 0.1) is 0 Å². The molecule has 0 radical (unpaired) electrons. The highest BCUT2D eigenvalue weighted by Crippen LogP contribution is 2.32. The molecule has 1 aromatic heterocycles. The highest BCUT2D eigenvalue weighted by molar-refractivity contribution is 5.42. The molecule has 2 fully saturated rings. The van der Waals surface area contributed by atoms with Gasteiger partial charge < -0.3 is 14.4 Å². The molecule has 1 aromatic carbocycles. The number of halogens is 3. The molecule has 3 aliphatic rings. The van der Waals surface area contributed by atoms with E-state index in [0.717, 1.165) is 69.2 Å². The second-order valence-electron chi connectivity index (χ2n) is 8.95. The van der Waals surface area contributed by atoms with Crippen molar-refractivity contribution in [3.63, 3.8) is 0 Å². The van der Waals surface area contributed by atoms with Gasteiger partial charge in [0.2, 0.25) is 0 Å². The normalized spacial score (nSPS) is 23.0. The average Bonchev–Trinajstić information content (AvgIpc) is 2.84. The number of hydrogen-bond acceptors (Lipinski definition) is 6. The van der Waals surface area contributed by atoms with E-state index in [1.165, 1.54) is 6.20 Å². The number of rotatable bonds is 4. The zero-order valence-electron chi connectivity index (χ0n) is 18.5. The zero-order valence-corrected chi connectivity index (χ0v) is 18.5. The van der Waals surface area contributed by atoms with Crippen LogP contribution in [0.5, 0.6) is 11.5 Å². The fourth-order valence-electron chi connectivity index (χ4n) is 4.99.